The van der Waals surface area contributed by atoms with Crippen LogP contribution in [0.5, 0.6) is 0 Å². The maximum atomic E-state index is 12.9. The van der Waals surface area contributed by atoms with Crippen molar-refractivity contribution in [3.8, 4) is 10.4 Å². The van der Waals surface area contributed by atoms with Gasteiger partial charge in [0.05, 0.1) is 10.6 Å². The van der Waals surface area contributed by atoms with E-state index in [2.05, 4.69) is 26.7 Å². The smallest absolute Gasteiger partial charge is 0.260 e. The monoisotopic (exact) mass is 457 g/mol. The van der Waals surface area contributed by atoms with Crippen LogP contribution in [0, 0.1) is 6.92 Å². The van der Waals surface area contributed by atoms with E-state index >= 15 is 0 Å². The standard InChI is InChI=1S/C21H23N5OS3/c1-12(30-21-25-24-13(2)26(21)14-7-4-3-5-8-14)18-22-19(27)17-15(11-29-20(17)23-18)16-9-6-10-28-16/h6,9-12,14H,3-5,7-8H2,1-2H3,(H,22,23,27). The predicted octanol–water partition coefficient (Wildman–Crippen LogP) is 5.97. The summed E-state index contributed by atoms with van der Waals surface area (Å²) in [6, 6.07) is 4.52. The zero-order valence-electron chi connectivity index (χ0n) is 16.9. The second-order valence-electron chi connectivity index (χ2n) is 7.71. The largest absolute Gasteiger partial charge is 0.309 e. The van der Waals surface area contributed by atoms with Gasteiger partial charge in [-0.25, -0.2) is 4.98 Å². The molecule has 1 unspecified atom stereocenters. The van der Waals surface area contributed by atoms with Gasteiger partial charge >= 0.3 is 0 Å². The van der Waals surface area contributed by atoms with E-state index in [1.807, 2.05) is 29.8 Å². The number of fused-ring (bicyclic) bond motifs is 1. The number of aromatic nitrogens is 5. The van der Waals surface area contributed by atoms with E-state index < -0.39 is 0 Å². The van der Waals surface area contributed by atoms with Crippen LogP contribution < -0.4 is 5.56 Å². The fraction of sp³-hybridized carbons (Fsp3) is 0.429. The highest BCUT2D eigenvalue weighted by atomic mass is 32.2. The molecule has 1 atom stereocenters. The van der Waals surface area contributed by atoms with Gasteiger partial charge in [0.1, 0.15) is 16.5 Å². The van der Waals surface area contributed by atoms with Crippen LogP contribution in [0.25, 0.3) is 20.7 Å². The Morgan fingerprint density at radius 3 is 2.83 bits per heavy atom. The lowest BCUT2D eigenvalue weighted by atomic mass is 9.95. The lowest BCUT2D eigenvalue weighted by molar-refractivity contribution is 0.332. The molecule has 5 rings (SSSR count). The Morgan fingerprint density at radius 2 is 2.07 bits per heavy atom. The van der Waals surface area contributed by atoms with E-state index in [0.717, 1.165) is 26.3 Å². The van der Waals surface area contributed by atoms with Gasteiger partial charge in [-0.1, -0.05) is 37.1 Å². The Balaban J connectivity index is 1.45. The van der Waals surface area contributed by atoms with Gasteiger partial charge in [-0.05, 0) is 38.1 Å². The quantitative estimate of drug-likeness (QED) is 0.374. The Kier molecular flexibility index (Phi) is 5.51. The maximum absolute atomic E-state index is 12.9. The van der Waals surface area contributed by atoms with Crippen LogP contribution in [-0.2, 0) is 0 Å². The van der Waals surface area contributed by atoms with Gasteiger partial charge in [0.15, 0.2) is 5.16 Å². The average Bonchev–Trinajstić information content (AvgIpc) is 3.48. The van der Waals surface area contributed by atoms with E-state index in [-0.39, 0.29) is 10.8 Å². The molecule has 156 valence electrons. The zero-order valence-corrected chi connectivity index (χ0v) is 19.4. The number of aryl methyl sites for hydroxylation is 1. The zero-order chi connectivity index (χ0) is 20.7. The van der Waals surface area contributed by atoms with Crippen LogP contribution in [0.4, 0.5) is 0 Å². The summed E-state index contributed by atoms with van der Waals surface area (Å²) in [5, 5.41) is 14.4. The van der Waals surface area contributed by atoms with Crippen molar-refractivity contribution < 1.29 is 0 Å². The summed E-state index contributed by atoms with van der Waals surface area (Å²) in [6.45, 7) is 4.10. The third-order valence-corrected chi connectivity index (χ3v) is 8.53. The first kappa shape index (κ1) is 20.0. The van der Waals surface area contributed by atoms with Crippen molar-refractivity contribution in [3.63, 3.8) is 0 Å². The highest BCUT2D eigenvalue weighted by Crippen LogP contribution is 2.38. The SMILES string of the molecule is Cc1nnc(SC(C)c2nc3scc(-c4cccs4)c3c(=O)[nH]2)n1C1CCCCC1. The number of hydrogen-bond acceptors (Lipinski definition) is 7. The highest BCUT2D eigenvalue weighted by molar-refractivity contribution is 7.99. The third kappa shape index (κ3) is 3.63. The average molecular weight is 458 g/mol. The minimum absolute atomic E-state index is 0.0275. The molecule has 0 spiro atoms. The lowest BCUT2D eigenvalue weighted by Gasteiger charge is -2.25. The van der Waals surface area contributed by atoms with Gasteiger partial charge in [0, 0.05) is 21.9 Å². The number of thiophene rings is 2. The molecule has 9 heteroatoms. The number of nitrogens with zero attached hydrogens (tertiary/aromatic N) is 4. The van der Waals surface area contributed by atoms with Crippen molar-refractivity contribution in [2.75, 3.05) is 0 Å². The molecule has 30 heavy (non-hydrogen) atoms. The van der Waals surface area contributed by atoms with Gasteiger partial charge in [-0.2, -0.15) is 0 Å². The molecule has 6 nitrogen and oxygen atoms in total. The van der Waals surface area contributed by atoms with Crippen LogP contribution in [0.2, 0.25) is 0 Å². The maximum Gasteiger partial charge on any atom is 0.260 e. The summed E-state index contributed by atoms with van der Waals surface area (Å²) < 4.78 is 2.29. The van der Waals surface area contributed by atoms with E-state index in [4.69, 9.17) is 4.98 Å². The Hall–Kier alpha value is -1.97. The first-order valence-electron chi connectivity index (χ1n) is 10.2. The summed E-state index contributed by atoms with van der Waals surface area (Å²) in [5.74, 6) is 1.65. The second-order valence-corrected chi connectivity index (χ2v) is 10.8. The van der Waals surface area contributed by atoms with Crippen LogP contribution >= 0.6 is 34.4 Å². The Bertz CT molecular complexity index is 1220. The summed E-state index contributed by atoms with van der Waals surface area (Å²) in [4.78, 5) is 22.6. The molecule has 0 amide bonds. The van der Waals surface area contributed by atoms with Crippen LogP contribution in [0.15, 0.2) is 32.8 Å². The van der Waals surface area contributed by atoms with E-state index in [1.54, 1.807) is 23.1 Å². The molecule has 4 heterocycles. The number of nitrogens with one attached hydrogen (secondary N) is 1. The second kappa shape index (κ2) is 8.28. The molecular formula is C21H23N5OS3. The van der Waals surface area contributed by atoms with Gasteiger partial charge < -0.3 is 9.55 Å². The van der Waals surface area contributed by atoms with Crippen molar-refractivity contribution in [1.29, 1.82) is 0 Å². The van der Waals surface area contributed by atoms with E-state index in [0.29, 0.717) is 17.3 Å². The Morgan fingerprint density at radius 1 is 1.23 bits per heavy atom. The van der Waals surface area contributed by atoms with Crippen LogP contribution in [-0.4, -0.2) is 24.7 Å². The summed E-state index contributed by atoms with van der Waals surface area (Å²) >= 11 is 4.79. The van der Waals surface area contributed by atoms with Crippen molar-refractivity contribution >= 4 is 44.7 Å². The highest BCUT2D eigenvalue weighted by Gasteiger charge is 2.24. The molecule has 1 fully saturated rings. The fourth-order valence-electron chi connectivity index (χ4n) is 4.18. The van der Waals surface area contributed by atoms with Crippen molar-refractivity contribution in [2.24, 2.45) is 0 Å². The van der Waals surface area contributed by atoms with Crippen molar-refractivity contribution in [2.45, 2.75) is 62.4 Å². The molecule has 0 radical (unpaired) electrons. The van der Waals surface area contributed by atoms with Gasteiger partial charge in [0.2, 0.25) is 0 Å². The molecule has 0 bridgehead atoms. The first-order chi connectivity index (χ1) is 14.6. The number of hydrogen-bond donors (Lipinski definition) is 1. The molecule has 4 aromatic heterocycles. The topological polar surface area (TPSA) is 76.5 Å². The van der Waals surface area contributed by atoms with Crippen LogP contribution in [0.1, 0.15) is 62.0 Å². The molecule has 1 N–H and O–H groups in total. The van der Waals surface area contributed by atoms with Gasteiger partial charge in [-0.15, -0.1) is 32.9 Å². The molecule has 1 aliphatic rings. The van der Waals surface area contributed by atoms with Crippen LogP contribution in [0.3, 0.4) is 0 Å². The molecule has 0 aliphatic heterocycles. The number of rotatable bonds is 5. The minimum atomic E-state index is -0.0722. The van der Waals surface area contributed by atoms with Crippen molar-refractivity contribution in [3.05, 3.63) is 44.9 Å². The third-order valence-electron chi connectivity index (χ3n) is 5.69. The molecule has 1 saturated carbocycles. The van der Waals surface area contributed by atoms with E-state index in [9.17, 15) is 4.79 Å². The molecule has 4 aromatic rings. The summed E-state index contributed by atoms with van der Waals surface area (Å²) in [6.07, 6.45) is 6.21. The molecule has 1 aliphatic carbocycles. The lowest BCUT2D eigenvalue weighted by Crippen LogP contribution is -2.16. The van der Waals surface area contributed by atoms with Gasteiger partial charge in [-0.3, -0.25) is 4.79 Å². The predicted molar refractivity (Wildman–Crippen MR) is 125 cm³/mol. The molecule has 0 aromatic carbocycles. The number of aromatic amines is 1. The molecular weight excluding hydrogens is 434 g/mol. The number of thioether (sulfide) groups is 1. The van der Waals surface area contributed by atoms with Crippen molar-refractivity contribution in [1.82, 2.24) is 24.7 Å². The fourth-order valence-corrected chi connectivity index (χ4v) is 6.97. The summed E-state index contributed by atoms with van der Waals surface area (Å²) in [7, 11) is 0. The Labute approximate surface area is 186 Å². The minimum Gasteiger partial charge on any atom is -0.309 e. The normalized spacial score (nSPS) is 16.3. The first-order valence-corrected chi connectivity index (χ1v) is 12.9. The summed E-state index contributed by atoms with van der Waals surface area (Å²) in [5.41, 5.74) is 0.898. The molecule has 0 saturated heterocycles. The van der Waals surface area contributed by atoms with E-state index in [1.165, 1.54) is 43.4 Å². The van der Waals surface area contributed by atoms with Gasteiger partial charge in [0.25, 0.3) is 5.56 Å². The number of H-pyrrole nitrogens is 1.